The van der Waals surface area contributed by atoms with Gasteiger partial charge < -0.3 is 19.3 Å². The van der Waals surface area contributed by atoms with Gasteiger partial charge in [-0.25, -0.2) is 4.79 Å². The van der Waals surface area contributed by atoms with Crippen molar-refractivity contribution in [1.82, 2.24) is 5.32 Å². The van der Waals surface area contributed by atoms with Crippen molar-refractivity contribution < 1.29 is 18.8 Å². The van der Waals surface area contributed by atoms with Gasteiger partial charge in [0.05, 0.1) is 6.10 Å². The van der Waals surface area contributed by atoms with E-state index in [2.05, 4.69) is 39.2 Å². The molecule has 2 rings (SSSR count). The Morgan fingerprint density at radius 2 is 1.70 bits per heavy atom. The molecular weight excluding hydrogens is 358 g/mol. The molecular formula is C21H39NO4Si. The van der Waals surface area contributed by atoms with Crippen LogP contribution >= 0.6 is 0 Å². The third-order valence-electron chi connectivity index (χ3n) is 6.63. The molecule has 2 aliphatic carbocycles. The Morgan fingerprint density at radius 3 is 2.22 bits per heavy atom. The van der Waals surface area contributed by atoms with Gasteiger partial charge in [-0.15, -0.1) is 0 Å². The highest BCUT2D eigenvalue weighted by Crippen LogP contribution is 2.49. The third-order valence-corrected chi connectivity index (χ3v) is 11.1. The van der Waals surface area contributed by atoms with Crippen LogP contribution in [0, 0.1) is 17.8 Å². The summed E-state index contributed by atoms with van der Waals surface area (Å²) in [5.41, 5.74) is -0.487. The number of aldehydes is 1. The van der Waals surface area contributed by atoms with Crippen LogP contribution < -0.4 is 5.32 Å². The number of hydrogen-bond acceptors (Lipinski definition) is 4. The Balaban J connectivity index is 2.00. The first-order valence-corrected chi connectivity index (χ1v) is 13.3. The summed E-state index contributed by atoms with van der Waals surface area (Å²) in [7, 11) is -1.91. The molecule has 2 saturated carbocycles. The maximum atomic E-state index is 12.1. The number of rotatable bonds is 4. The summed E-state index contributed by atoms with van der Waals surface area (Å²) in [6.07, 6.45) is 4.51. The van der Waals surface area contributed by atoms with Crippen LogP contribution in [0.1, 0.15) is 67.2 Å². The monoisotopic (exact) mass is 397 g/mol. The molecule has 0 aliphatic heterocycles. The molecule has 0 aromatic heterocycles. The minimum absolute atomic E-state index is 0.00778. The Bertz CT molecular complexity index is 549. The summed E-state index contributed by atoms with van der Waals surface area (Å²) in [6.45, 7) is 16.8. The van der Waals surface area contributed by atoms with Gasteiger partial charge in [0, 0.05) is 12.0 Å². The largest absolute Gasteiger partial charge is 0.444 e. The average molecular weight is 398 g/mol. The zero-order chi connectivity index (χ0) is 20.6. The molecule has 156 valence electrons. The van der Waals surface area contributed by atoms with Gasteiger partial charge in [0.2, 0.25) is 0 Å². The number of carbonyl (C=O) groups excluding carboxylic acids is 2. The molecule has 0 radical (unpaired) electrons. The zero-order valence-corrected chi connectivity index (χ0v) is 19.4. The number of hydrogen-bond donors (Lipinski definition) is 1. The molecule has 0 bridgehead atoms. The van der Waals surface area contributed by atoms with Crippen molar-refractivity contribution >= 4 is 20.7 Å². The van der Waals surface area contributed by atoms with Crippen LogP contribution in [0.15, 0.2) is 0 Å². The van der Waals surface area contributed by atoms with Crippen molar-refractivity contribution in [3.63, 3.8) is 0 Å². The fourth-order valence-electron chi connectivity index (χ4n) is 4.27. The Kier molecular flexibility index (Phi) is 6.52. The van der Waals surface area contributed by atoms with Crippen LogP contribution in [0.2, 0.25) is 18.1 Å². The van der Waals surface area contributed by atoms with E-state index in [-0.39, 0.29) is 29.2 Å². The van der Waals surface area contributed by atoms with Crippen molar-refractivity contribution in [3.8, 4) is 0 Å². The molecule has 1 N–H and O–H groups in total. The highest BCUT2D eigenvalue weighted by molar-refractivity contribution is 6.74. The number of nitrogens with one attached hydrogen (secondary N) is 1. The minimum Gasteiger partial charge on any atom is -0.444 e. The third kappa shape index (κ3) is 5.56. The summed E-state index contributed by atoms with van der Waals surface area (Å²) in [4.78, 5) is 24.0. The maximum absolute atomic E-state index is 12.1. The summed E-state index contributed by atoms with van der Waals surface area (Å²) in [5, 5.41) is 3.16. The van der Waals surface area contributed by atoms with Crippen LogP contribution in [-0.2, 0) is 14.0 Å². The highest BCUT2D eigenvalue weighted by atomic mass is 28.4. The standard InChI is InChI=1S/C21H39NO4Si/c1-20(2,3)25-19(24)22-15-9-10-16-14(11-15)12-18(17(16)13-23)26-27(7,8)21(4,5)6/h13-18H,9-12H2,1-8H3,(H,22,24)/t14-,15?,16-,17+,18-/m1/s1. The molecule has 5 nitrogen and oxygen atoms in total. The van der Waals surface area contributed by atoms with Crippen LogP contribution in [0.3, 0.4) is 0 Å². The molecule has 0 spiro atoms. The highest BCUT2D eigenvalue weighted by Gasteiger charge is 2.50. The van der Waals surface area contributed by atoms with Gasteiger partial charge in [0.25, 0.3) is 0 Å². The first kappa shape index (κ1) is 22.4. The Hall–Kier alpha value is -0.883. The predicted molar refractivity (Wildman–Crippen MR) is 110 cm³/mol. The van der Waals surface area contributed by atoms with E-state index in [0.717, 1.165) is 32.0 Å². The van der Waals surface area contributed by atoms with Gasteiger partial charge in [-0.2, -0.15) is 0 Å². The fourth-order valence-corrected chi connectivity index (χ4v) is 5.64. The van der Waals surface area contributed by atoms with Crippen LogP contribution in [-0.4, -0.2) is 38.4 Å². The molecule has 1 unspecified atom stereocenters. The quantitative estimate of drug-likeness (QED) is 0.541. The fraction of sp³-hybridized carbons (Fsp3) is 0.905. The molecule has 0 aromatic carbocycles. The van der Waals surface area contributed by atoms with Crippen molar-refractivity contribution in [2.45, 2.75) is 103 Å². The van der Waals surface area contributed by atoms with Crippen LogP contribution in [0.4, 0.5) is 4.79 Å². The van der Waals surface area contributed by atoms with Crippen molar-refractivity contribution in [2.24, 2.45) is 17.8 Å². The van der Waals surface area contributed by atoms with Gasteiger partial charge >= 0.3 is 6.09 Å². The molecule has 1 amide bonds. The molecule has 2 fully saturated rings. The van der Waals surface area contributed by atoms with E-state index in [4.69, 9.17) is 9.16 Å². The minimum atomic E-state index is -1.91. The second kappa shape index (κ2) is 7.86. The normalized spacial score (nSPS) is 31.9. The van der Waals surface area contributed by atoms with E-state index in [1.807, 2.05) is 20.8 Å². The van der Waals surface area contributed by atoms with E-state index >= 15 is 0 Å². The second-order valence-electron chi connectivity index (χ2n) is 10.9. The Labute approximate surface area is 166 Å². The summed E-state index contributed by atoms with van der Waals surface area (Å²) >= 11 is 0. The zero-order valence-electron chi connectivity index (χ0n) is 18.4. The van der Waals surface area contributed by atoms with Crippen LogP contribution in [0.5, 0.6) is 0 Å². The van der Waals surface area contributed by atoms with E-state index in [1.165, 1.54) is 0 Å². The summed E-state index contributed by atoms with van der Waals surface area (Å²) < 4.78 is 12.0. The molecule has 0 saturated heterocycles. The lowest BCUT2D eigenvalue weighted by Crippen LogP contribution is -2.45. The lowest BCUT2D eigenvalue weighted by atomic mass is 9.76. The molecule has 0 aromatic rings. The van der Waals surface area contributed by atoms with Crippen molar-refractivity contribution in [1.29, 1.82) is 0 Å². The molecule has 0 heterocycles. The lowest BCUT2D eigenvalue weighted by molar-refractivity contribution is -0.114. The molecule has 27 heavy (non-hydrogen) atoms. The summed E-state index contributed by atoms with van der Waals surface area (Å²) in [6, 6.07) is 0.125. The van der Waals surface area contributed by atoms with Crippen LogP contribution in [0.25, 0.3) is 0 Å². The number of amides is 1. The van der Waals surface area contributed by atoms with E-state index in [0.29, 0.717) is 11.8 Å². The van der Waals surface area contributed by atoms with Gasteiger partial charge in [-0.3, -0.25) is 0 Å². The first-order valence-electron chi connectivity index (χ1n) is 10.4. The number of ether oxygens (including phenoxy) is 1. The topological polar surface area (TPSA) is 64.6 Å². The van der Waals surface area contributed by atoms with E-state index in [1.54, 1.807) is 0 Å². The number of carbonyl (C=O) groups is 2. The predicted octanol–water partition coefficient (Wildman–Crippen LogP) is 4.91. The molecule has 2 aliphatic rings. The molecule has 5 atom stereocenters. The van der Waals surface area contributed by atoms with Gasteiger partial charge in [0.15, 0.2) is 8.32 Å². The van der Waals surface area contributed by atoms with E-state index < -0.39 is 13.9 Å². The SMILES string of the molecule is CC(C)(C)OC(=O)NC1CC[C@@H]2[C@H](C1)C[C@@H](O[Si](C)(C)C(C)(C)C)[C@H]2C=O. The van der Waals surface area contributed by atoms with Crippen molar-refractivity contribution in [2.75, 3.05) is 0 Å². The van der Waals surface area contributed by atoms with Gasteiger partial charge in [-0.05, 0) is 76.4 Å². The first-order chi connectivity index (χ1) is 12.2. The van der Waals surface area contributed by atoms with E-state index in [9.17, 15) is 9.59 Å². The Morgan fingerprint density at radius 1 is 1.07 bits per heavy atom. The molecule has 6 heteroatoms. The maximum Gasteiger partial charge on any atom is 0.407 e. The van der Waals surface area contributed by atoms with Crippen molar-refractivity contribution in [3.05, 3.63) is 0 Å². The second-order valence-corrected chi connectivity index (χ2v) is 15.7. The average Bonchev–Trinajstić information content (AvgIpc) is 2.79. The smallest absolute Gasteiger partial charge is 0.407 e. The summed E-state index contributed by atoms with van der Waals surface area (Å²) in [5.74, 6) is 0.809. The number of alkyl carbamates (subject to hydrolysis) is 1. The lowest BCUT2D eigenvalue weighted by Gasteiger charge is -2.39. The van der Waals surface area contributed by atoms with Gasteiger partial charge in [0.1, 0.15) is 11.9 Å². The number of fused-ring (bicyclic) bond motifs is 1. The van der Waals surface area contributed by atoms with Gasteiger partial charge in [-0.1, -0.05) is 20.8 Å².